The Bertz CT molecular complexity index is 426. The van der Waals surface area contributed by atoms with E-state index in [1.165, 1.54) is 0 Å². The van der Waals surface area contributed by atoms with Crippen LogP contribution in [-0.4, -0.2) is 17.8 Å². The molecule has 1 unspecified atom stereocenters. The van der Waals surface area contributed by atoms with E-state index in [1.54, 1.807) is 0 Å². The highest BCUT2D eigenvalue weighted by Crippen LogP contribution is 2.12. The molecule has 1 heterocycles. The maximum atomic E-state index is 11.6. The van der Waals surface area contributed by atoms with Gasteiger partial charge in [0.25, 0.3) is 5.91 Å². The van der Waals surface area contributed by atoms with Gasteiger partial charge in [0.05, 0.1) is 0 Å². The lowest BCUT2D eigenvalue weighted by Gasteiger charge is -2.23. The van der Waals surface area contributed by atoms with Crippen LogP contribution in [0.15, 0.2) is 35.3 Å². The lowest BCUT2D eigenvalue weighted by atomic mass is 10.0. The monoisotopic (exact) mass is 231 g/mol. The van der Waals surface area contributed by atoms with Crippen LogP contribution >= 0.6 is 0 Å². The van der Waals surface area contributed by atoms with E-state index < -0.39 is 0 Å². The Balaban J connectivity index is 2.21. The van der Waals surface area contributed by atoms with Gasteiger partial charge in [-0.3, -0.25) is 20.6 Å². The molecule has 1 aliphatic heterocycles. The third kappa shape index (κ3) is 2.84. The average molecular weight is 231 g/mol. The van der Waals surface area contributed by atoms with Gasteiger partial charge in [0.1, 0.15) is 11.9 Å². The van der Waals surface area contributed by atoms with Gasteiger partial charge in [-0.25, -0.2) is 0 Å². The zero-order chi connectivity index (χ0) is 12.3. The second-order valence-electron chi connectivity index (χ2n) is 4.60. The fourth-order valence-electron chi connectivity index (χ4n) is 1.80. The molecular weight excluding hydrogens is 214 g/mol. The highest BCUT2D eigenvalue weighted by Gasteiger charge is 2.24. The van der Waals surface area contributed by atoms with Gasteiger partial charge in [0, 0.05) is 5.56 Å². The van der Waals surface area contributed by atoms with E-state index in [0.717, 1.165) is 17.8 Å². The van der Waals surface area contributed by atoms with Gasteiger partial charge in [0.2, 0.25) is 0 Å². The normalized spacial score (nSPS) is 19.6. The summed E-state index contributed by atoms with van der Waals surface area (Å²) < 4.78 is 0. The summed E-state index contributed by atoms with van der Waals surface area (Å²) in [6, 6.07) is 9.51. The van der Waals surface area contributed by atoms with E-state index in [9.17, 15) is 4.79 Å². The van der Waals surface area contributed by atoms with Crippen molar-refractivity contribution in [2.24, 2.45) is 10.9 Å². The van der Waals surface area contributed by atoms with Crippen molar-refractivity contribution < 1.29 is 4.79 Å². The van der Waals surface area contributed by atoms with E-state index >= 15 is 0 Å². The summed E-state index contributed by atoms with van der Waals surface area (Å²) in [6.07, 6.45) is 0.768. The number of nitrogens with one attached hydrogen (secondary N) is 2. The van der Waals surface area contributed by atoms with Crippen molar-refractivity contribution in [3.63, 3.8) is 0 Å². The third-order valence-corrected chi connectivity index (χ3v) is 2.63. The van der Waals surface area contributed by atoms with Crippen molar-refractivity contribution in [2.45, 2.75) is 26.3 Å². The summed E-state index contributed by atoms with van der Waals surface area (Å²) in [6.45, 7) is 4.18. The number of benzene rings is 1. The van der Waals surface area contributed by atoms with Crippen molar-refractivity contribution in [1.82, 2.24) is 10.9 Å². The number of amides is 1. The number of aliphatic imine (C=N–C) groups is 1. The summed E-state index contributed by atoms with van der Waals surface area (Å²) in [5, 5.41) is 0. The number of carbonyl (C=O) groups excluding carboxylic acids is 1. The van der Waals surface area contributed by atoms with E-state index in [2.05, 4.69) is 29.7 Å². The predicted octanol–water partition coefficient (Wildman–Crippen LogP) is 1.48. The molecule has 0 spiro atoms. The Kier molecular flexibility index (Phi) is 3.42. The lowest BCUT2D eigenvalue weighted by molar-refractivity contribution is -0.123. The van der Waals surface area contributed by atoms with Gasteiger partial charge in [-0.1, -0.05) is 44.2 Å². The Morgan fingerprint density at radius 1 is 1.24 bits per heavy atom. The van der Waals surface area contributed by atoms with Crippen LogP contribution < -0.4 is 10.9 Å². The van der Waals surface area contributed by atoms with Crippen molar-refractivity contribution in [3.8, 4) is 0 Å². The summed E-state index contributed by atoms with van der Waals surface area (Å²) in [4.78, 5) is 16.1. The summed E-state index contributed by atoms with van der Waals surface area (Å²) in [7, 11) is 0. The molecule has 0 radical (unpaired) electrons. The molecule has 0 aliphatic carbocycles. The third-order valence-electron chi connectivity index (χ3n) is 2.63. The lowest BCUT2D eigenvalue weighted by Crippen LogP contribution is -2.51. The smallest absolute Gasteiger partial charge is 0.263 e. The number of hydrogen-bond acceptors (Lipinski definition) is 3. The molecule has 0 saturated carbocycles. The minimum absolute atomic E-state index is 0.0571. The van der Waals surface area contributed by atoms with Crippen molar-refractivity contribution >= 4 is 11.7 Å². The number of rotatable bonds is 3. The van der Waals surface area contributed by atoms with Crippen LogP contribution in [0.5, 0.6) is 0 Å². The van der Waals surface area contributed by atoms with Crippen LogP contribution in [0.3, 0.4) is 0 Å². The molecule has 4 heteroatoms. The number of hydrogen-bond donors (Lipinski definition) is 2. The zero-order valence-electron chi connectivity index (χ0n) is 10.1. The molecule has 4 nitrogen and oxygen atoms in total. The molecule has 1 amide bonds. The maximum absolute atomic E-state index is 11.6. The predicted molar refractivity (Wildman–Crippen MR) is 67.5 cm³/mol. The van der Waals surface area contributed by atoms with Crippen LogP contribution in [0.1, 0.15) is 25.8 Å². The first-order valence-electron chi connectivity index (χ1n) is 5.86. The first-order chi connectivity index (χ1) is 8.16. The highest BCUT2D eigenvalue weighted by molar-refractivity contribution is 6.03. The molecular formula is C13H17N3O. The van der Waals surface area contributed by atoms with E-state index in [0.29, 0.717) is 5.92 Å². The maximum Gasteiger partial charge on any atom is 0.263 e. The highest BCUT2D eigenvalue weighted by atomic mass is 16.2. The second kappa shape index (κ2) is 4.99. The van der Waals surface area contributed by atoms with Crippen molar-refractivity contribution in [2.75, 3.05) is 0 Å². The molecule has 90 valence electrons. The molecule has 1 atom stereocenters. The molecule has 0 fully saturated rings. The Labute approximate surface area is 101 Å². The Morgan fingerprint density at radius 2 is 1.94 bits per heavy atom. The van der Waals surface area contributed by atoms with Crippen LogP contribution in [0.4, 0.5) is 0 Å². The summed E-state index contributed by atoms with van der Waals surface area (Å²) >= 11 is 0. The first kappa shape index (κ1) is 11.6. The fourth-order valence-corrected chi connectivity index (χ4v) is 1.80. The standard InChI is InChI=1S/C13H17N3O/c1-9(2)8-11-13(17)16-15-12(14-11)10-6-4-3-5-7-10/h3-7,9,11H,8H2,1-2H3,(H,14,15)(H,16,17). The van der Waals surface area contributed by atoms with Gasteiger partial charge >= 0.3 is 0 Å². The molecule has 1 aromatic carbocycles. The molecule has 0 aromatic heterocycles. The van der Waals surface area contributed by atoms with Crippen LogP contribution in [0, 0.1) is 5.92 Å². The minimum Gasteiger partial charge on any atom is -0.282 e. The van der Waals surface area contributed by atoms with Gasteiger partial charge in [0.15, 0.2) is 0 Å². The van der Waals surface area contributed by atoms with E-state index in [-0.39, 0.29) is 11.9 Å². The van der Waals surface area contributed by atoms with E-state index in [4.69, 9.17) is 0 Å². The van der Waals surface area contributed by atoms with Gasteiger partial charge in [-0.2, -0.15) is 0 Å². The molecule has 17 heavy (non-hydrogen) atoms. The molecule has 0 saturated heterocycles. The van der Waals surface area contributed by atoms with Gasteiger partial charge in [-0.05, 0) is 12.3 Å². The van der Waals surface area contributed by atoms with Crippen LogP contribution in [0.2, 0.25) is 0 Å². The summed E-state index contributed by atoms with van der Waals surface area (Å²) in [5.41, 5.74) is 6.49. The molecule has 2 N–H and O–H groups in total. The SMILES string of the molecule is CC(C)CC1N=C(c2ccccc2)NNC1=O. The Hall–Kier alpha value is -1.84. The number of carbonyl (C=O) groups is 1. The Morgan fingerprint density at radius 3 is 2.59 bits per heavy atom. The first-order valence-corrected chi connectivity index (χ1v) is 5.86. The van der Waals surface area contributed by atoms with Gasteiger partial charge < -0.3 is 0 Å². The van der Waals surface area contributed by atoms with Crippen LogP contribution in [0.25, 0.3) is 0 Å². The quantitative estimate of drug-likeness (QED) is 0.828. The number of nitrogens with zero attached hydrogens (tertiary/aromatic N) is 1. The minimum atomic E-state index is -0.286. The van der Waals surface area contributed by atoms with Crippen molar-refractivity contribution in [3.05, 3.63) is 35.9 Å². The summed E-state index contributed by atoms with van der Waals surface area (Å²) in [5.74, 6) is 1.12. The number of hydrazine groups is 1. The second-order valence-corrected chi connectivity index (χ2v) is 4.60. The molecule has 0 bridgehead atoms. The largest absolute Gasteiger partial charge is 0.282 e. The molecule has 2 rings (SSSR count). The van der Waals surface area contributed by atoms with Crippen LogP contribution in [-0.2, 0) is 4.79 Å². The number of amidine groups is 1. The zero-order valence-corrected chi connectivity index (χ0v) is 10.1. The topological polar surface area (TPSA) is 53.5 Å². The molecule has 1 aliphatic rings. The van der Waals surface area contributed by atoms with Gasteiger partial charge in [-0.15, -0.1) is 0 Å². The fraction of sp³-hybridized carbons (Fsp3) is 0.385. The van der Waals surface area contributed by atoms with Crippen molar-refractivity contribution in [1.29, 1.82) is 0 Å². The average Bonchev–Trinajstić information content (AvgIpc) is 2.32. The van der Waals surface area contributed by atoms with E-state index in [1.807, 2.05) is 30.3 Å². The molecule has 1 aromatic rings.